The molecule has 1 aromatic carbocycles. The molecule has 0 spiro atoms. The highest BCUT2D eigenvalue weighted by Gasteiger charge is 2.04. The molecule has 0 aliphatic heterocycles. The van der Waals surface area contributed by atoms with Gasteiger partial charge in [0.1, 0.15) is 0 Å². The molecule has 0 aliphatic rings. The van der Waals surface area contributed by atoms with Gasteiger partial charge in [-0.05, 0) is 37.1 Å². The monoisotopic (exact) mass is 253 g/mol. The highest BCUT2D eigenvalue weighted by atomic mass is 79.9. The third kappa shape index (κ3) is 2.45. The Bertz CT molecular complexity index is 379. The van der Waals surface area contributed by atoms with E-state index in [1.165, 1.54) is 0 Å². The van der Waals surface area contributed by atoms with E-state index < -0.39 is 0 Å². The Labute approximate surface area is 91.9 Å². The number of carbonyl (C=O) groups excluding carboxylic acids is 1. The van der Waals surface area contributed by atoms with Crippen LogP contribution < -0.4 is 5.73 Å². The number of rotatable bonds is 2. The van der Waals surface area contributed by atoms with E-state index in [0.717, 1.165) is 15.6 Å². The van der Waals surface area contributed by atoms with Crippen molar-refractivity contribution < 1.29 is 4.79 Å². The molecule has 74 valence electrons. The van der Waals surface area contributed by atoms with Crippen molar-refractivity contribution in [2.45, 2.75) is 13.8 Å². The maximum atomic E-state index is 10.9. The van der Waals surface area contributed by atoms with Crippen molar-refractivity contribution in [2.24, 2.45) is 5.73 Å². The van der Waals surface area contributed by atoms with E-state index in [1.807, 2.05) is 31.2 Å². The lowest BCUT2D eigenvalue weighted by atomic mass is 10.0. The topological polar surface area (TPSA) is 43.1 Å². The van der Waals surface area contributed by atoms with Crippen molar-refractivity contribution in [3.8, 4) is 0 Å². The summed E-state index contributed by atoms with van der Waals surface area (Å²) in [5.74, 6) is -0.370. The van der Waals surface area contributed by atoms with Crippen molar-refractivity contribution in [3.05, 3.63) is 39.9 Å². The van der Waals surface area contributed by atoms with Gasteiger partial charge in [-0.25, -0.2) is 0 Å². The zero-order valence-electron chi connectivity index (χ0n) is 8.17. The minimum absolute atomic E-state index is 0.370. The van der Waals surface area contributed by atoms with Gasteiger partial charge in [-0.3, -0.25) is 4.79 Å². The molecule has 0 bridgehead atoms. The van der Waals surface area contributed by atoms with Crippen LogP contribution in [0.2, 0.25) is 0 Å². The Morgan fingerprint density at radius 2 is 1.71 bits per heavy atom. The minimum Gasteiger partial charge on any atom is -0.366 e. The van der Waals surface area contributed by atoms with Gasteiger partial charge in [-0.2, -0.15) is 0 Å². The van der Waals surface area contributed by atoms with Crippen molar-refractivity contribution in [2.75, 3.05) is 0 Å². The lowest BCUT2D eigenvalue weighted by molar-refractivity contribution is -0.114. The number of benzene rings is 1. The molecule has 0 heterocycles. The fraction of sp³-hybridized carbons (Fsp3) is 0.182. The number of hydrogen-bond acceptors (Lipinski definition) is 1. The van der Waals surface area contributed by atoms with Gasteiger partial charge in [-0.1, -0.05) is 28.1 Å². The lowest BCUT2D eigenvalue weighted by Gasteiger charge is -2.04. The number of allylic oxidation sites excluding steroid dienone is 1. The average molecular weight is 254 g/mol. The van der Waals surface area contributed by atoms with Crippen LogP contribution in [0.5, 0.6) is 0 Å². The highest BCUT2D eigenvalue weighted by molar-refractivity contribution is 9.10. The molecule has 0 unspecified atom stereocenters. The van der Waals surface area contributed by atoms with Crippen molar-refractivity contribution in [3.63, 3.8) is 0 Å². The van der Waals surface area contributed by atoms with Crippen LogP contribution in [0.15, 0.2) is 34.3 Å². The van der Waals surface area contributed by atoms with Crippen LogP contribution >= 0.6 is 15.9 Å². The highest BCUT2D eigenvalue weighted by Crippen LogP contribution is 2.20. The number of halogens is 1. The summed E-state index contributed by atoms with van der Waals surface area (Å²) in [5.41, 5.74) is 7.74. The molecule has 1 amide bonds. The average Bonchev–Trinajstić information content (AvgIpc) is 2.16. The van der Waals surface area contributed by atoms with E-state index in [1.54, 1.807) is 6.92 Å². The van der Waals surface area contributed by atoms with Crippen LogP contribution in [0, 0.1) is 0 Å². The Morgan fingerprint density at radius 3 is 2.14 bits per heavy atom. The zero-order chi connectivity index (χ0) is 10.7. The maximum Gasteiger partial charge on any atom is 0.244 e. The van der Waals surface area contributed by atoms with E-state index >= 15 is 0 Å². The molecule has 14 heavy (non-hydrogen) atoms. The molecular weight excluding hydrogens is 242 g/mol. The second kappa shape index (κ2) is 4.42. The summed E-state index contributed by atoms with van der Waals surface area (Å²) in [6, 6.07) is 7.78. The van der Waals surface area contributed by atoms with Crippen molar-refractivity contribution >= 4 is 27.4 Å². The lowest BCUT2D eigenvalue weighted by Crippen LogP contribution is -2.12. The summed E-state index contributed by atoms with van der Waals surface area (Å²) in [5, 5.41) is 0. The van der Waals surface area contributed by atoms with Crippen LogP contribution in [-0.2, 0) is 4.79 Å². The molecule has 0 saturated carbocycles. The molecule has 0 atom stereocenters. The van der Waals surface area contributed by atoms with Gasteiger partial charge in [0, 0.05) is 10.0 Å². The summed E-state index contributed by atoms with van der Waals surface area (Å²) in [7, 11) is 0. The van der Waals surface area contributed by atoms with Crippen LogP contribution in [0.4, 0.5) is 0 Å². The standard InChI is InChI=1S/C11H12BrNO/c1-7(8(2)11(13)14)9-3-5-10(12)6-4-9/h3-6H,1-2H3,(H2,13,14). The van der Waals surface area contributed by atoms with Gasteiger partial charge in [0.2, 0.25) is 5.91 Å². The molecule has 1 aromatic rings. The second-order valence-electron chi connectivity index (χ2n) is 3.12. The Balaban J connectivity index is 3.12. The predicted molar refractivity (Wildman–Crippen MR) is 61.6 cm³/mol. The van der Waals surface area contributed by atoms with Crippen LogP contribution in [0.3, 0.4) is 0 Å². The van der Waals surface area contributed by atoms with E-state index in [-0.39, 0.29) is 5.91 Å². The van der Waals surface area contributed by atoms with E-state index in [4.69, 9.17) is 5.73 Å². The van der Waals surface area contributed by atoms with Gasteiger partial charge in [0.05, 0.1) is 0 Å². The Hall–Kier alpha value is -1.09. The largest absolute Gasteiger partial charge is 0.366 e. The minimum atomic E-state index is -0.370. The van der Waals surface area contributed by atoms with E-state index in [9.17, 15) is 4.79 Å². The van der Waals surface area contributed by atoms with E-state index in [2.05, 4.69) is 15.9 Å². The van der Waals surface area contributed by atoms with Crippen molar-refractivity contribution in [1.29, 1.82) is 0 Å². The van der Waals surface area contributed by atoms with Crippen LogP contribution in [0.1, 0.15) is 19.4 Å². The first-order valence-electron chi connectivity index (χ1n) is 4.25. The first kappa shape index (κ1) is 11.0. The van der Waals surface area contributed by atoms with Crippen LogP contribution in [0.25, 0.3) is 5.57 Å². The first-order chi connectivity index (χ1) is 6.52. The first-order valence-corrected chi connectivity index (χ1v) is 5.05. The summed E-state index contributed by atoms with van der Waals surface area (Å²) < 4.78 is 1.02. The smallest absolute Gasteiger partial charge is 0.244 e. The molecule has 0 aliphatic carbocycles. The Kier molecular flexibility index (Phi) is 3.47. The summed E-state index contributed by atoms with van der Waals surface area (Å²) in [4.78, 5) is 10.9. The van der Waals surface area contributed by atoms with Gasteiger partial charge in [0.15, 0.2) is 0 Å². The van der Waals surface area contributed by atoms with Gasteiger partial charge in [-0.15, -0.1) is 0 Å². The van der Waals surface area contributed by atoms with Crippen LogP contribution in [-0.4, -0.2) is 5.91 Å². The quantitative estimate of drug-likeness (QED) is 0.810. The number of primary amides is 1. The SMILES string of the molecule is CC(C(N)=O)=C(C)c1ccc(Br)cc1. The summed E-state index contributed by atoms with van der Waals surface area (Å²) in [6.45, 7) is 3.63. The Morgan fingerprint density at radius 1 is 1.21 bits per heavy atom. The third-order valence-corrected chi connectivity index (χ3v) is 2.74. The molecule has 3 heteroatoms. The molecule has 0 fully saturated rings. The number of amides is 1. The molecule has 2 nitrogen and oxygen atoms in total. The summed E-state index contributed by atoms with van der Waals surface area (Å²) >= 11 is 3.35. The van der Waals surface area contributed by atoms with E-state index in [0.29, 0.717) is 5.57 Å². The normalized spacial score (nSPS) is 12.2. The fourth-order valence-electron chi connectivity index (χ4n) is 1.10. The van der Waals surface area contributed by atoms with Gasteiger partial charge < -0.3 is 5.73 Å². The van der Waals surface area contributed by atoms with Crippen molar-refractivity contribution in [1.82, 2.24) is 0 Å². The molecule has 0 saturated heterocycles. The molecule has 0 radical (unpaired) electrons. The maximum absolute atomic E-state index is 10.9. The number of nitrogens with two attached hydrogens (primary N) is 1. The fourth-order valence-corrected chi connectivity index (χ4v) is 1.37. The third-order valence-electron chi connectivity index (χ3n) is 2.21. The molecule has 0 aromatic heterocycles. The van der Waals surface area contributed by atoms with Gasteiger partial charge >= 0.3 is 0 Å². The molecule has 1 rings (SSSR count). The zero-order valence-corrected chi connectivity index (χ0v) is 9.76. The molecular formula is C11H12BrNO. The van der Waals surface area contributed by atoms with Gasteiger partial charge in [0.25, 0.3) is 0 Å². The second-order valence-corrected chi connectivity index (χ2v) is 4.04. The number of hydrogen-bond donors (Lipinski definition) is 1. The predicted octanol–water partition coefficient (Wildman–Crippen LogP) is 2.73. The number of carbonyl (C=O) groups is 1. The summed E-state index contributed by atoms with van der Waals surface area (Å²) in [6.07, 6.45) is 0. The molecule has 2 N–H and O–H groups in total.